The third-order valence-corrected chi connectivity index (χ3v) is 2.94. The van der Waals surface area contributed by atoms with E-state index in [1.807, 2.05) is 0 Å². The molecule has 0 saturated carbocycles. The Hall–Kier alpha value is -1.91. The molecule has 1 aromatic heterocycles. The highest BCUT2D eigenvalue weighted by Crippen LogP contribution is 2.21. The fourth-order valence-electron chi connectivity index (χ4n) is 1.35. The number of nitrogens with zero attached hydrogens (tertiary/aromatic N) is 2. The molecule has 0 aliphatic heterocycles. The molecule has 2 rings (SSSR count). The van der Waals surface area contributed by atoms with E-state index in [0.717, 1.165) is 0 Å². The second-order valence-electron chi connectivity index (χ2n) is 3.58. The van der Waals surface area contributed by atoms with Crippen molar-refractivity contribution in [3.05, 3.63) is 63.9 Å². The minimum Gasteiger partial charge on any atom is -0.267 e. The Kier molecular flexibility index (Phi) is 4.49. The maximum atomic E-state index is 11.7. The average molecular weight is 294 g/mol. The molecule has 0 fully saturated rings. The molecule has 6 heteroatoms. The molecule has 0 saturated heterocycles. The highest BCUT2D eigenvalue weighted by molar-refractivity contribution is 6.38. The molecular weight excluding hydrogens is 285 g/mol. The van der Waals surface area contributed by atoms with Crippen LogP contribution in [0.5, 0.6) is 0 Å². The maximum Gasteiger partial charge on any atom is 0.272 e. The van der Waals surface area contributed by atoms with E-state index in [1.54, 1.807) is 36.5 Å². The number of halogens is 2. The third-order valence-electron chi connectivity index (χ3n) is 2.28. The van der Waals surface area contributed by atoms with Gasteiger partial charge < -0.3 is 0 Å². The second kappa shape index (κ2) is 6.31. The van der Waals surface area contributed by atoms with Crippen LogP contribution in [0.15, 0.2) is 47.8 Å². The predicted octanol–water partition coefficient (Wildman–Crippen LogP) is 3.15. The van der Waals surface area contributed by atoms with Gasteiger partial charge in [0.05, 0.1) is 21.8 Å². The fraction of sp³-hybridized carbons (Fsp3) is 0. The molecule has 2 aromatic rings. The Labute approximate surface area is 120 Å². The van der Waals surface area contributed by atoms with Crippen molar-refractivity contribution < 1.29 is 4.79 Å². The number of carbonyl (C=O) groups excluding carboxylic acids is 1. The summed E-state index contributed by atoms with van der Waals surface area (Å²) in [6.45, 7) is 0. The van der Waals surface area contributed by atoms with Crippen LogP contribution < -0.4 is 5.43 Å². The normalized spacial score (nSPS) is 10.6. The maximum absolute atomic E-state index is 11.7. The van der Waals surface area contributed by atoms with Gasteiger partial charge in [-0.05, 0) is 24.3 Å². The summed E-state index contributed by atoms with van der Waals surface area (Å²) < 4.78 is 0. The molecular formula is C13H9Cl2N3O. The molecule has 1 N–H and O–H groups in total. The first-order chi connectivity index (χ1) is 9.18. The fourth-order valence-corrected chi connectivity index (χ4v) is 1.85. The zero-order valence-electron chi connectivity index (χ0n) is 9.68. The van der Waals surface area contributed by atoms with Crippen LogP contribution in [-0.4, -0.2) is 17.1 Å². The summed E-state index contributed by atoms with van der Waals surface area (Å²) in [5.41, 5.74) is 3.35. The first kappa shape index (κ1) is 13.5. The van der Waals surface area contributed by atoms with Gasteiger partial charge in [0.2, 0.25) is 0 Å². The molecule has 96 valence electrons. The monoisotopic (exact) mass is 293 g/mol. The number of hydrogen-bond acceptors (Lipinski definition) is 3. The topological polar surface area (TPSA) is 54.4 Å². The number of rotatable bonds is 3. The predicted molar refractivity (Wildman–Crippen MR) is 75.8 cm³/mol. The summed E-state index contributed by atoms with van der Waals surface area (Å²) in [7, 11) is 0. The van der Waals surface area contributed by atoms with Gasteiger partial charge in [0.25, 0.3) is 5.91 Å². The zero-order valence-corrected chi connectivity index (χ0v) is 11.2. The van der Waals surface area contributed by atoms with Gasteiger partial charge in [-0.1, -0.05) is 29.3 Å². The Morgan fingerprint density at radius 1 is 1.21 bits per heavy atom. The van der Waals surface area contributed by atoms with Crippen LogP contribution in [0.2, 0.25) is 10.0 Å². The number of carbonyl (C=O) groups is 1. The summed E-state index contributed by atoms with van der Waals surface area (Å²) >= 11 is 11.9. The molecule has 0 aliphatic carbocycles. The molecule has 1 heterocycles. The largest absolute Gasteiger partial charge is 0.272 e. The van der Waals surface area contributed by atoms with Crippen molar-refractivity contribution in [1.82, 2.24) is 10.4 Å². The minimum absolute atomic E-state index is 0.354. The molecule has 19 heavy (non-hydrogen) atoms. The first-order valence-corrected chi connectivity index (χ1v) is 6.11. The van der Waals surface area contributed by atoms with Crippen LogP contribution in [0.1, 0.15) is 15.9 Å². The van der Waals surface area contributed by atoms with E-state index in [4.69, 9.17) is 23.2 Å². The lowest BCUT2D eigenvalue weighted by Gasteiger charge is -2.01. The van der Waals surface area contributed by atoms with Crippen molar-refractivity contribution in [3.8, 4) is 0 Å². The van der Waals surface area contributed by atoms with Gasteiger partial charge in [-0.3, -0.25) is 9.78 Å². The van der Waals surface area contributed by atoms with Gasteiger partial charge in [-0.15, -0.1) is 0 Å². The number of hydrogen-bond donors (Lipinski definition) is 1. The number of nitrogens with one attached hydrogen (secondary N) is 1. The summed E-state index contributed by atoms with van der Waals surface area (Å²) in [6, 6.07) is 8.43. The first-order valence-electron chi connectivity index (χ1n) is 5.36. The van der Waals surface area contributed by atoms with Crippen molar-refractivity contribution in [2.75, 3.05) is 0 Å². The molecule has 1 amide bonds. The summed E-state index contributed by atoms with van der Waals surface area (Å²) in [4.78, 5) is 15.5. The highest BCUT2D eigenvalue weighted by Gasteiger charge is 2.04. The lowest BCUT2D eigenvalue weighted by molar-refractivity contribution is 0.0955. The lowest BCUT2D eigenvalue weighted by atomic mass is 10.2. The number of pyridine rings is 1. The van der Waals surface area contributed by atoms with Crippen molar-refractivity contribution in [1.29, 1.82) is 0 Å². The quantitative estimate of drug-likeness (QED) is 0.698. The van der Waals surface area contributed by atoms with Gasteiger partial charge in [0.1, 0.15) is 0 Å². The van der Waals surface area contributed by atoms with E-state index in [9.17, 15) is 4.79 Å². The van der Waals surface area contributed by atoms with Crippen LogP contribution >= 0.6 is 23.2 Å². The summed E-state index contributed by atoms with van der Waals surface area (Å²) in [6.07, 6.45) is 4.44. The molecule has 0 atom stereocenters. The van der Waals surface area contributed by atoms with Crippen LogP contribution in [0.3, 0.4) is 0 Å². The Morgan fingerprint density at radius 2 is 1.95 bits per heavy atom. The Morgan fingerprint density at radius 3 is 2.58 bits per heavy atom. The van der Waals surface area contributed by atoms with Crippen molar-refractivity contribution >= 4 is 35.3 Å². The average Bonchev–Trinajstić information content (AvgIpc) is 2.43. The summed E-state index contributed by atoms with van der Waals surface area (Å²) in [5.74, 6) is -0.354. The van der Waals surface area contributed by atoms with Gasteiger partial charge in [-0.2, -0.15) is 5.10 Å². The lowest BCUT2D eigenvalue weighted by Crippen LogP contribution is -2.17. The van der Waals surface area contributed by atoms with E-state index in [-0.39, 0.29) is 5.91 Å². The van der Waals surface area contributed by atoms with Crippen molar-refractivity contribution in [2.45, 2.75) is 0 Å². The smallest absolute Gasteiger partial charge is 0.267 e. The molecule has 0 aliphatic rings. The molecule has 4 nitrogen and oxygen atoms in total. The van der Waals surface area contributed by atoms with E-state index in [0.29, 0.717) is 21.2 Å². The van der Waals surface area contributed by atoms with Gasteiger partial charge in [0.15, 0.2) is 0 Å². The number of amides is 1. The van der Waals surface area contributed by atoms with Crippen molar-refractivity contribution in [2.24, 2.45) is 5.10 Å². The van der Waals surface area contributed by atoms with Crippen LogP contribution in [-0.2, 0) is 0 Å². The molecule has 1 aromatic carbocycles. The number of aromatic nitrogens is 1. The summed E-state index contributed by atoms with van der Waals surface area (Å²) in [5, 5.41) is 4.75. The van der Waals surface area contributed by atoms with Crippen LogP contribution in [0.25, 0.3) is 0 Å². The van der Waals surface area contributed by atoms with E-state index in [1.165, 1.54) is 12.4 Å². The van der Waals surface area contributed by atoms with Crippen LogP contribution in [0.4, 0.5) is 0 Å². The second-order valence-corrected chi connectivity index (χ2v) is 4.39. The molecule has 0 unspecified atom stereocenters. The standard InChI is InChI=1S/C13H9Cl2N3O/c14-11-4-1-5-12(15)10(11)8-17-18-13(19)9-3-2-6-16-7-9/h1-8H,(H,18,19). The van der Waals surface area contributed by atoms with Crippen LogP contribution in [0, 0.1) is 0 Å². The van der Waals surface area contributed by atoms with Crippen molar-refractivity contribution in [3.63, 3.8) is 0 Å². The molecule has 0 radical (unpaired) electrons. The van der Waals surface area contributed by atoms with E-state index >= 15 is 0 Å². The SMILES string of the molecule is O=C(NN=Cc1c(Cl)cccc1Cl)c1cccnc1. The Bertz CT molecular complexity index is 594. The van der Waals surface area contributed by atoms with Gasteiger partial charge in [0, 0.05) is 18.0 Å². The third kappa shape index (κ3) is 3.53. The number of benzene rings is 1. The van der Waals surface area contributed by atoms with Gasteiger partial charge >= 0.3 is 0 Å². The van der Waals surface area contributed by atoms with Gasteiger partial charge in [-0.25, -0.2) is 5.43 Å². The van der Waals surface area contributed by atoms with E-state index in [2.05, 4.69) is 15.5 Å². The van der Waals surface area contributed by atoms with E-state index < -0.39 is 0 Å². The zero-order chi connectivity index (χ0) is 13.7. The highest BCUT2D eigenvalue weighted by atomic mass is 35.5. The molecule has 0 spiro atoms. The number of hydrazone groups is 1. The molecule has 0 bridgehead atoms. The minimum atomic E-state index is -0.354. The Balaban J connectivity index is 2.07.